The molecule has 0 heterocycles. The lowest BCUT2D eigenvalue weighted by Crippen LogP contribution is -2.08. The fourth-order valence-corrected chi connectivity index (χ4v) is 2.13. The Hall–Kier alpha value is -3.08. The van der Waals surface area contributed by atoms with Gasteiger partial charge < -0.3 is 14.4 Å². The maximum Gasteiger partial charge on any atom is 0.341 e. The van der Waals surface area contributed by atoms with Crippen LogP contribution in [0.2, 0.25) is 0 Å². The van der Waals surface area contributed by atoms with E-state index in [-0.39, 0.29) is 11.3 Å². The highest BCUT2D eigenvalue weighted by Crippen LogP contribution is 2.23. The zero-order valence-electron chi connectivity index (χ0n) is 14.6. The number of esters is 1. The third kappa shape index (κ3) is 5.21. The van der Waals surface area contributed by atoms with Crippen molar-refractivity contribution in [3.63, 3.8) is 0 Å². The summed E-state index contributed by atoms with van der Waals surface area (Å²) in [6.07, 6.45) is 3.10. The second-order valence-electron chi connectivity index (χ2n) is 5.62. The summed E-state index contributed by atoms with van der Waals surface area (Å²) >= 11 is 0. The van der Waals surface area contributed by atoms with Gasteiger partial charge in [0.2, 0.25) is 0 Å². The fourth-order valence-electron chi connectivity index (χ4n) is 2.13. The molecule has 2 rings (SSSR count). The maximum atomic E-state index is 12.2. The van der Waals surface area contributed by atoms with Gasteiger partial charge in [-0.1, -0.05) is 30.3 Å². The summed E-state index contributed by atoms with van der Waals surface area (Å²) in [5, 5.41) is 0. The van der Waals surface area contributed by atoms with Gasteiger partial charge in [0.15, 0.2) is 5.78 Å². The van der Waals surface area contributed by atoms with Crippen molar-refractivity contribution < 1.29 is 19.1 Å². The monoisotopic (exact) mass is 339 g/mol. The Labute approximate surface area is 147 Å². The third-order valence-electron chi connectivity index (χ3n) is 3.43. The minimum absolute atomic E-state index is 0.200. The summed E-state index contributed by atoms with van der Waals surface area (Å²) in [5.74, 6) is -0.369. The number of hydrogen-bond acceptors (Lipinski definition) is 5. The van der Waals surface area contributed by atoms with Crippen LogP contribution in [0.5, 0.6) is 5.75 Å². The third-order valence-corrected chi connectivity index (χ3v) is 3.43. The highest BCUT2D eigenvalue weighted by molar-refractivity contribution is 6.06. The van der Waals surface area contributed by atoms with Gasteiger partial charge in [-0.25, -0.2) is 4.79 Å². The molecule has 0 fully saturated rings. The van der Waals surface area contributed by atoms with E-state index < -0.39 is 5.97 Å². The van der Waals surface area contributed by atoms with Crippen LogP contribution in [-0.2, 0) is 11.3 Å². The van der Waals surface area contributed by atoms with Gasteiger partial charge in [-0.3, -0.25) is 4.79 Å². The maximum absolute atomic E-state index is 12.2. The molecule has 0 radical (unpaired) electrons. The molecule has 0 bridgehead atoms. The Bertz CT molecular complexity index is 767. The Morgan fingerprint density at radius 1 is 1.08 bits per heavy atom. The molecule has 0 atom stereocenters. The van der Waals surface area contributed by atoms with Crippen LogP contribution in [0.1, 0.15) is 26.3 Å². The molecular formula is C20H21NO4. The SMILES string of the molecule is COC(=O)c1cc(C(=O)/C=C/N(C)C)ccc1OCc1ccccc1. The first-order valence-electron chi connectivity index (χ1n) is 7.79. The predicted octanol–water partition coefficient (Wildman–Crippen LogP) is 3.31. The lowest BCUT2D eigenvalue weighted by molar-refractivity contribution is 0.0595. The summed E-state index contributed by atoms with van der Waals surface area (Å²) in [4.78, 5) is 26.0. The van der Waals surface area contributed by atoms with E-state index in [1.807, 2.05) is 44.4 Å². The standard InChI is InChI=1S/C20H21NO4/c1-21(2)12-11-18(22)16-9-10-19(17(13-16)20(23)24-3)25-14-15-7-5-4-6-8-15/h4-13H,14H2,1-3H3/b12-11+. The van der Waals surface area contributed by atoms with Crippen LogP contribution in [0.25, 0.3) is 0 Å². The molecule has 5 nitrogen and oxygen atoms in total. The number of hydrogen-bond donors (Lipinski definition) is 0. The zero-order valence-corrected chi connectivity index (χ0v) is 14.6. The molecule has 0 N–H and O–H groups in total. The molecule has 5 heteroatoms. The van der Waals surface area contributed by atoms with Crippen LogP contribution in [0.15, 0.2) is 60.8 Å². The number of nitrogens with zero attached hydrogens (tertiary/aromatic N) is 1. The number of rotatable bonds is 7. The molecule has 2 aromatic carbocycles. The first kappa shape index (κ1) is 18.3. The zero-order chi connectivity index (χ0) is 18.2. The number of carbonyl (C=O) groups is 2. The fraction of sp³-hybridized carbons (Fsp3) is 0.200. The quantitative estimate of drug-likeness (QED) is 0.440. The molecule has 0 unspecified atom stereocenters. The van der Waals surface area contributed by atoms with Gasteiger partial charge in [0.25, 0.3) is 0 Å². The van der Waals surface area contributed by atoms with Gasteiger partial charge in [-0.05, 0) is 23.8 Å². The molecular weight excluding hydrogens is 318 g/mol. The first-order valence-corrected chi connectivity index (χ1v) is 7.79. The number of benzene rings is 2. The van der Waals surface area contributed by atoms with Crippen molar-refractivity contribution >= 4 is 11.8 Å². The average Bonchev–Trinajstić information content (AvgIpc) is 2.64. The summed E-state index contributed by atoms with van der Waals surface area (Å²) < 4.78 is 10.5. The molecule has 0 saturated heterocycles. The van der Waals surface area contributed by atoms with E-state index >= 15 is 0 Å². The Balaban J connectivity index is 2.24. The molecule has 25 heavy (non-hydrogen) atoms. The summed E-state index contributed by atoms with van der Waals surface area (Å²) in [7, 11) is 4.94. The van der Waals surface area contributed by atoms with Crippen LogP contribution in [0.4, 0.5) is 0 Å². The lowest BCUT2D eigenvalue weighted by atomic mass is 10.1. The van der Waals surface area contributed by atoms with E-state index in [0.717, 1.165) is 5.56 Å². The smallest absolute Gasteiger partial charge is 0.341 e. The molecule has 0 amide bonds. The van der Waals surface area contributed by atoms with Crippen molar-refractivity contribution in [1.29, 1.82) is 0 Å². The van der Waals surface area contributed by atoms with Crippen LogP contribution in [0, 0.1) is 0 Å². The number of carbonyl (C=O) groups excluding carboxylic acids is 2. The van der Waals surface area contributed by atoms with Gasteiger partial charge >= 0.3 is 5.97 Å². The Kier molecular flexibility index (Phi) is 6.34. The lowest BCUT2D eigenvalue weighted by Gasteiger charge is -2.11. The second kappa shape index (κ2) is 8.68. The van der Waals surface area contributed by atoms with Gasteiger partial charge in [-0.15, -0.1) is 0 Å². The summed E-state index contributed by atoms with van der Waals surface area (Å²) in [6.45, 7) is 0.318. The van der Waals surface area contributed by atoms with Crippen molar-refractivity contribution in [1.82, 2.24) is 4.90 Å². The normalized spacial score (nSPS) is 10.5. The van der Waals surface area contributed by atoms with E-state index in [1.165, 1.54) is 19.3 Å². The molecule has 0 aliphatic rings. The number of methoxy groups -OCH3 is 1. The van der Waals surface area contributed by atoms with Gasteiger partial charge in [0, 0.05) is 31.9 Å². The van der Waals surface area contributed by atoms with Crippen LogP contribution in [-0.4, -0.2) is 37.9 Å². The minimum atomic E-state index is -0.547. The topological polar surface area (TPSA) is 55.8 Å². The molecule has 0 saturated carbocycles. The largest absolute Gasteiger partial charge is 0.488 e. The highest BCUT2D eigenvalue weighted by atomic mass is 16.5. The van der Waals surface area contributed by atoms with Gasteiger partial charge in [0.05, 0.1) is 7.11 Å². The number of ketones is 1. The van der Waals surface area contributed by atoms with Crippen molar-refractivity contribution in [3.05, 3.63) is 77.5 Å². The molecule has 130 valence electrons. The van der Waals surface area contributed by atoms with E-state index in [1.54, 1.807) is 23.2 Å². The molecule has 0 aromatic heterocycles. The summed E-state index contributed by atoms with van der Waals surface area (Å²) in [6, 6.07) is 14.4. The molecule has 2 aromatic rings. The average molecular weight is 339 g/mol. The van der Waals surface area contributed by atoms with E-state index in [9.17, 15) is 9.59 Å². The van der Waals surface area contributed by atoms with Gasteiger partial charge in [0.1, 0.15) is 17.9 Å². The van der Waals surface area contributed by atoms with Crippen LogP contribution in [0.3, 0.4) is 0 Å². The number of ether oxygens (including phenoxy) is 2. The van der Waals surface area contributed by atoms with Crippen LogP contribution < -0.4 is 4.74 Å². The molecule has 0 spiro atoms. The van der Waals surface area contributed by atoms with E-state index in [2.05, 4.69) is 0 Å². The Morgan fingerprint density at radius 2 is 1.80 bits per heavy atom. The second-order valence-corrected chi connectivity index (χ2v) is 5.62. The van der Waals surface area contributed by atoms with Crippen molar-refractivity contribution in [2.24, 2.45) is 0 Å². The van der Waals surface area contributed by atoms with Crippen molar-refractivity contribution in [2.45, 2.75) is 6.61 Å². The molecule has 0 aliphatic heterocycles. The van der Waals surface area contributed by atoms with E-state index in [4.69, 9.17) is 9.47 Å². The molecule has 0 aliphatic carbocycles. The summed E-state index contributed by atoms with van der Waals surface area (Å²) in [5.41, 5.74) is 1.60. The predicted molar refractivity (Wildman–Crippen MR) is 95.7 cm³/mol. The Morgan fingerprint density at radius 3 is 2.44 bits per heavy atom. The highest BCUT2D eigenvalue weighted by Gasteiger charge is 2.16. The van der Waals surface area contributed by atoms with Crippen molar-refractivity contribution in [2.75, 3.05) is 21.2 Å². The van der Waals surface area contributed by atoms with Crippen LogP contribution >= 0.6 is 0 Å². The first-order chi connectivity index (χ1) is 12.0. The van der Waals surface area contributed by atoms with E-state index in [0.29, 0.717) is 17.9 Å². The van der Waals surface area contributed by atoms with Crippen molar-refractivity contribution in [3.8, 4) is 5.75 Å². The number of allylic oxidation sites excluding steroid dienone is 1. The minimum Gasteiger partial charge on any atom is -0.488 e. The van der Waals surface area contributed by atoms with Gasteiger partial charge in [-0.2, -0.15) is 0 Å².